The molecule has 0 radical (unpaired) electrons. The molecule has 3 rings (SSSR count). The third-order valence-electron chi connectivity index (χ3n) is 6.53. The van der Waals surface area contributed by atoms with Gasteiger partial charge in [0, 0.05) is 19.2 Å². The van der Waals surface area contributed by atoms with Crippen LogP contribution in [0.2, 0.25) is 0 Å². The van der Waals surface area contributed by atoms with E-state index in [0.29, 0.717) is 24.3 Å². The number of nitrogens with one attached hydrogen (secondary N) is 3. The first-order chi connectivity index (χ1) is 20.7. The van der Waals surface area contributed by atoms with Gasteiger partial charge < -0.3 is 20.7 Å². The van der Waals surface area contributed by atoms with E-state index in [4.69, 9.17) is 0 Å². The van der Waals surface area contributed by atoms with Gasteiger partial charge in [0.25, 0.3) is 0 Å². The highest BCUT2D eigenvalue weighted by molar-refractivity contribution is 5.90. The highest BCUT2D eigenvalue weighted by atomic mass is 19.4. The molecule has 2 amide bonds. The fraction of sp³-hybridized carbons (Fsp3) is 0.344. The Balaban J connectivity index is 1.73. The first kappa shape index (κ1) is 33.8. The summed E-state index contributed by atoms with van der Waals surface area (Å²) in [6, 6.07) is 19.2. The van der Waals surface area contributed by atoms with Crippen molar-refractivity contribution in [2.45, 2.75) is 58.3 Å². The number of carbonyl (C=O) groups is 4. The van der Waals surface area contributed by atoms with E-state index < -0.39 is 47.9 Å². The van der Waals surface area contributed by atoms with Crippen LogP contribution in [0.5, 0.6) is 0 Å². The first-order valence-electron chi connectivity index (χ1n) is 14.0. The second-order valence-electron chi connectivity index (χ2n) is 11.1. The summed E-state index contributed by atoms with van der Waals surface area (Å²) in [5, 5.41) is 8.50. The van der Waals surface area contributed by atoms with Gasteiger partial charge in [0.1, 0.15) is 11.9 Å². The second kappa shape index (κ2) is 15.1. The van der Waals surface area contributed by atoms with Crippen LogP contribution in [0.1, 0.15) is 51.6 Å². The van der Waals surface area contributed by atoms with Crippen LogP contribution in [0.4, 0.5) is 19.0 Å². The van der Waals surface area contributed by atoms with E-state index in [1.807, 2.05) is 36.4 Å². The summed E-state index contributed by atoms with van der Waals surface area (Å²) in [7, 11) is 0. The molecule has 0 bridgehead atoms. The average molecular weight is 613 g/mol. The number of aromatic nitrogens is 1. The topological polar surface area (TPSA) is 126 Å². The van der Waals surface area contributed by atoms with E-state index in [-0.39, 0.29) is 12.3 Å². The normalized spacial score (nSPS) is 12.9. The number of anilines is 1. The zero-order valence-corrected chi connectivity index (χ0v) is 24.6. The number of esters is 2. The van der Waals surface area contributed by atoms with Crippen LogP contribution < -0.4 is 16.0 Å². The summed E-state index contributed by atoms with van der Waals surface area (Å²) in [5.74, 6) is -4.50. The van der Waals surface area contributed by atoms with Gasteiger partial charge in [-0.05, 0) is 40.7 Å². The molecule has 0 saturated heterocycles. The number of hydrogen-bond donors (Lipinski definition) is 3. The zero-order chi connectivity index (χ0) is 32.3. The lowest BCUT2D eigenvalue weighted by molar-refractivity contribution is -0.202. The Hall–Kier alpha value is -4.74. The van der Waals surface area contributed by atoms with Crippen LogP contribution in [0.15, 0.2) is 79.0 Å². The number of benzene rings is 2. The van der Waals surface area contributed by atoms with Crippen molar-refractivity contribution in [2.75, 3.05) is 11.9 Å². The van der Waals surface area contributed by atoms with Crippen molar-refractivity contribution in [1.82, 2.24) is 15.6 Å². The molecular formula is C32H35F3N4O5. The summed E-state index contributed by atoms with van der Waals surface area (Å²) >= 11 is 0. The molecule has 1 heterocycles. The highest BCUT2D eigenvalue weighted by Gasteiger charge is 2.43. The van der Waals surface area contributed by atoms with E-state index in [0.717, 1.165) is 11.1 Å². The molecule has 0 saturated carbocycles. The molecule has 0 fully saturated rings. The van der Waals surface area contributed by atoms with E-state index in [2.05, 4.69) is 25.7 Å². The van der Waals surface area contributed by atoms with Crippen molar-refractivity contribution in [1.29, 1.82) is 0 Å². The highest BCUT2D eigenvalue weighted by Crippen LogP contribution is 2.26. The number of carbonyl (C=O) groups excluding carboxylic acids is 4. The fourth-order valence-corrected chi connectivity index (χ4v) is 4.26. The summed E-state index contributed by atoms with van der Waals surface area (Å²) < 4.78 is 42.1. The Morgan fingerprint density at radius 2 is 1.48 bits per heavy atom. The molecule has 234 valence electrons. The quantitative estimate of drug-likeness (QED) is 0.143. The van der Waals surface area contributed by atoms with Crippen molar-refractivity contribution in [3.8, 4) is 11.1 Å². The minimum Gasteiger partial charge on any atom is -0.386 e. The molecule has 2 atom stereocenters. The van der Waals surface area contributed by atoms with Crippen molar-refractivity contribution in [3.63, 3.8) is 0 Å². The maximum atomic E-state index is 13.5. The Kier molecular flexibility index (Phi) is 11.6. The van der Waals surface area contributed by atoms with Gasteiger partial charge in [-0.15, -0.1) is 0 Å². The van der Waals surface area contributed by atoms with Crippen molar-refractivity contribution < 1.29 is 37.1 Å². The largest absolute Gasteiger partial charge is 0.491 e. The smallest absolute Gasteiger partial charge is 0.386 e. The minimum atomic E-state index is -5.36. The number of nitrogens with zero attached hydrogens (tertiary/aromatic N) is 1. The Morgan fingerprint density at radius 1 is 0.841 bits per heavy atom. The van der Waals surface area contributed by atoms with Crippen LogP contribution in [0.25, 0.3) is 11.1 Å². The van der Waals surface area contributed by atoms with Gasteiger partial charge in [-0.25, -0.2) is 9.78 Å². The molecule has 0 aliphatic rings. The number of ether oxygens (including phenoxy) is 1. The number of alkyl halides is 3. The maximum absolute atomic E-state index is 13.5. The molecule has 3 aromatic rings. The predicted molar refractivity (Wildman–Crippen MR) is 158 cm³/mol. The van der Waals surface area contributed by atoms with E-state index >= 15 is 0 Å². The van der Waals surface area contributed by atoms with Gasteiger partial charge in [0.2, 0.25) is 11.8 Å². The first-order valence-corrected chi connectivity index (χ1v) is 14.0. The summed E-state index contributed by atoms with van der Waals surface area (Å²) in [6.07, 6.45) is -3.92. The number of hydrogen-bond acceptors (Lipinski definition) is 7. The van der Waals surface area contributed by atoms with Crippen molar-refractivity contribution >= 4 is 29.6 Å². The van der Waals surface area contributed by atoms with Gasteiger partial charge in [-0.2, -0.15) is 13.2 Å². The lowest BCUT2D eigenvalue weighted by Crippen LogP contribution is -2.54. The molecule has 12 heteroatoms. The van der Waals surface area contributed by atoms with Gasteiger partial charge in [0.05, 0.1) is 12.5 Å². The molecule has 1 aromatic heterocycles. The molecule has 0 aliphatic heterocycles. The Bertz CT molecular complexity index is 1410. The monoisotopic (exact) mass is 612 g/mol. The Labute approximate surface area is 253 Å². The molecule has 0 spiro atoms. The number of halogens is 3. The van der Waals surface area contributed by atoms with Crippen molar-refractivity contribution in [3.05, 3.63) is 84.6 Å². The van der Waals surface area contributed by atoms with Gasteiger partial charge >= 0.3 is 18.1 Å². The summed E-state index contributed by atoms with van der Waals surface area (Å²) in [6.45, 7) is 5.68. The number of amides is 2. The molecular weight excluding hydrogens is 577 g/mol. The van der Waals surface area contributed by atoms with Gasteiger partial charge in [-0.1, -0.05) is 81.4 Å². The van der Waals surface area contributed by atoms with Crippen LogP contribution in [-0.4, -0.2) is 47.5 Å². The second-order valence-corrected chi connectivity index (χ2v) is 11.1. The third kappa shape index (κ3) is 10.5. The summed E-state index contributed by atoms with van der Waals surface area (Å²) in [4.78, 5) is 54.1. The average Bonchev–Trinajstić information content (AvgIpc) is 2.97. The maximum Gasteiger partial charge on any atom is 0.491 e. The van der Waals surface area contributed by atoms with Crippen molar-refractivity contribution in [2.24, 2.45) is 5.41 Å². The Morgan fingerprint density at radius 3 is 2.07 bits per heavy atom. The van der Waals surface area contributed by atoms with Crippen LogP contribution in [0, 0.1) is 5.41 Å². The fourth-order valence-electron chi connectivity index (χ4n) is 4.26. The lowest BCUT2D eigenvalue weighted by atomic mass is 9.85. The molecule has 1 unspecified atom stereocenters. The van der Waals surface area contributed by atoms with E-state index in [9.17, 15) is 32.3 Å². The number of rotatable bonds is 12. The SMILES string of the molecule is CC(C)(C)[C@H](NC(=O)CCCNc1ccccn1)C(=O)NC(CC(=O)OC(=O)C(F)(F)F)c1ccc(-c2ccccc2)cc1. The van der Waals surface area contributed by atoms with Crippen LogP contribution >= 0.6 is 0 Å². The lowest BCUT2D eigenvalue weighted by Gasteiger charge is -2.32. The van der Waals surface area contributed by atoms with Gasteiger partial charge in [-0.3, -0.25) is 14.4 Å². The molecule has 44 heavy (non-hydrogen) atoms. The minimum absolute atomic E-state index is 0.107. The zero-order valence-electron chi connectivity index (χ0n) is 24.6. The van der Waals surface area contributed by atoms with Crippen LogP contribution in [0.3, 0.4) is 0 Å². The van der Waals surface area contributed by atoms with Gasteiger partial charge in [0.15, 0.2) is 0 Å². The molecule has 0 aliphatic carbocycles. The molecule has 2 aromatic carbocycles. The van der Waals surface area contributed by atoms with Crippen LogP contribution in [-0.2, 0) is 23.9 Å². The summed E-state index contributed by atoms with van der Waals surface area (Å²) in [5.41, 5.74) is 1.33. The standard InChI is InChI=1S/C32H35F3N4O5/c1-31(2,3)28(39-26(40)13-9-19-37-25-12-7-8-18-36-25)29(42)38-24(20-27(41)44-30(43)32(33,34)35)23-16-14-22(15-17-23)21-10-5-4-6-11-21/h4-8,10-12,14-18,24,28H,9,13,19-20H2,1-3H3,(H,36,37)(H,38,42)(H,39,40)/t24?,28-/m1/s1. The van der Waals surface area contributed by atoms with E-state index in [1.165, 1.54) is 0 Å². The predicted octanol–water partition coefficient (Wildman–Crippen LogP) is 5.35. The third-order valence-corrected chi connectivity index (χ3v) is 6.53. The molecule has 3 N–H and O–H groups in total. The van der Waals surface area contributed by atoms with E-state index in [1.54, 1.807) is 63.4 Å². The number of pyridine rings is 1. The molecule has 9 nitrogen and oxygen atoms in total.